The van der Waals surface area contributed by atoms with Crippen molar-refractivity contribution in [3.63, 3.8) is 0 Å². The Morgan fingerprint density at radius 1 is 1.11 bits per heavy atom. The monoisotopic (exact) mass is 384 g/mol. The van der Waals surface area contributed by atoms with Crippen molar-refractivity contribution in [2.45, 2.75) is 25.7 Å². The van der Waals surface area contributed by atoms with Gasteiger partial charge >= 0.3 is 0 Å². The summed E-state index contributed by atoms with van der Waals surface area (Å²) in [6.45, 7) is 4.48. The number of rotatable bonds is 7. The fourth-order valence-corrected chi connectivity index (χ4v) is 3.13. The second-order valence-electron chi connectivity index (χ2n) is 6.15. The summed E-state index contributed by atoms with van der Waals surface area (Å²) in [6, 6.07) is 15.5. The zero-order valence-electron chi connectivity index (χ0n) is 15.1. The molecule has 1 saturated heterocycles. The zero-order chi connectivity index (χ0) is 19.2. The van der Waals surface area contributed by atoms with E-state index in [2.05, 4.69) is 10.5 Å². The van der Waals surface area contributed by atoms with Crippen LogP contribution in [0.25, 0.3) is 0 Å². The van der Waals surface area contributed by atoms with Crippen LogP contribution in [0, 0.1) is 6.92 Å². The van der Waals surface area contributed by atoms with Gasteiger partial charge in [0.25, 0.3) is 5.24 Å². The van der Waals surface area contributed by atoms with Crippen LogP contribution < -0.4 is 10.1 Å². The molecule has 140 valence electrons. The Bertz CT molecular complexity index is 847. The average molecular weight is 384 g/mol. The Kier molecular flexibility index (Phi) is 6.13. The highest BCUT2D eigenvalue weighted by atomic mass is 32.2. The fraction of sp³-hybridized carbons (Fsp3) is 0.250. The third-order valence-corrected chi connectivity index (χ3v) is 4.94. The maximum Gasteiger partial charge on any atom is 0.286 e. The third kappa shape index (κ3) is 5.34. The van der Waals surface area contributed by atoms with Crippen molar-refractivity contribution in [1.82, 2.24) is 5.32 Å². The number of imide groups is 1. The number of benzene rings is 2. The van der Waals surface area contributed by atoms with Gasteiger partial charge in [0.15, 0.2) is 0 Å². The summed E-state index contributed by atoms with van der Waals surface area (Å²) >= 11 is 0.949. The van der Waals surface area contributed by atoms with Crippen LogP contribution >= 0.6 is 11.8 Å². The Morgan fingerprint density at radius 3 is 2.44 bits per heavy atom. The summed E-state index contributed by atoms with van der Waals surface area (Å²) in [7, 11) is 0. The van der Waals surface area contributed by atoms with Crippen molar-refractivity contribution < 1.29 is 19.2 Å². The number of carbonyl (C=O) groups excluding carboxylic acids is 2. The number of thioether (sulfide) groups is 1. The quantitative estimate of drug-likeness (QED) is 0.582. The zero-order valence-corrected chi connectivity index (χ0v) is 15.9. The number of oxime groups is 1. The van der Waals surface area contributed by atoms with Crippen molar-refractivity contribution >= 4 is 28.6 Å². The van der Waals surface area contributed by atoms with E-state index in [-0.39, 0.29) is 17.8 Å². The molecule has 1 atom stereocenters. The normalized spacial score (nSPS) is 17.0. The highest BCUT2D eigenvalue weighted by Gasteiger charge is 2.32. The molecule has 0 bridgehead atoms. The van der Waals surface area contributed by atoms with Crippen LogP contribution in [0.3, 0.4) is 0 Å². The van der Waals surface area contributed by atoms with E-state index in [4.69, 9.17) is 9.57 Å². The van der Waals surface area contributed by atoms with Crippen LogP contribution in [0.2, 0.25) is 0 Å². The number of carbonyl (C=O) groups is 2. The molecule has 0 spiro atoms. The molecule has 2 aromatic rings. The van der Waals surface area contributed by atoms with Gasteiger partial charge in [0.2, 0.25) is 5.91 Å². The SMILES string of the molecule is C/C(=N\OCc1ccc(C)cc1)c1ccc(OCC2SC(=O)NC2=O)cc1. The summed E-state index contributed by atoms with van der Waals surface area (Å²) in [5.41, 5.74) is 3.94. The number of nitrogens with one attached hydrogen (secondary N) is 1. The highest BCUT2D eigenvalue weighted by Crippen LogP contribution is 2.21. The fourth-order valence-electron chi connectivity index (χ4n) is 2.41. The van der Waals surface area contributed by atoms with E-state index in [0.717, 1.165) is 28.6 Å². The molecule has 7 heteroatoms. The lowest BCUT2D eigenvalue weighted by Crippen LogP contribution is -2.28. The van der Waals surface area contributed by atoms with Crippen LogP contribution in [0.4, 0.5) is 4.79 Å². The first-order valence-electron chi connectivity index (χ1n) is 8.48. The van der Waals surface area contributed by atoms with Gasteiger partial charge in [-0.2, -0.15) is 0 Å². The third-order valence-electron chi connectivity index (χ3n) is 3.99. The van der Waals surface area contributed by atoms with Crippen LogP contribution in [-0.4, -0.2) is 28.7 Å². The maximum atomic E-state index is 11.5. The minimum absolute atomic E-state index is 0.147. The summed E-state index contributed by atoms with van der Waals surface area (Å²) < 4.78 is 5.59. The van der Waals surface area contributed by atoms with Gasteiger partial charge < -0.3 is 9.57 Å². The molecule has 27 heavy (non-hydrogen) atoms. The van der Waals surface area contributed by atoms with Crippen molar-refractivity contribution in [2.24, 2.45) is 5.16 Å². The molecule has 1 fully saturated rings. The molecule has 2 amide bonds. The van der Waals surface area contributed by atoms with E-state index in [1.165, 1.54) is 5.56 Å². The van der Waals surface area contributed by atoms with Crippen molar-refractivity contribution in [2.75, 3.05) is 6.61 Å². The van der Waals surface area contributed by atoms with Crippen LogP contribution in [0.15, 0.2) is 53.7 Å². The molecule has 1 aliphatic heterocycles. The van der Waals surface area contributed by atoms with Gasteiger partial charge in [-0.25, -0.2) is 0 Å². The summed E-state index contributed by atoms with van der Waals surface area (Å²) in [5, 5.41) is 5.55. The summed E-state index contributed by atoms with van der Waals surface area (Å²) in [6.07, 6.45) is 0. The molecule has 1 N–H and O–H groups in total. The van der Waals surface area contributed by atoms with Crippen LogP contribution in [0.1, 0.15) is 23.6 Å². The van der Waals surface area contributed by atoms with E-state index >= 15 is 0 Å². The van der Waals surface area contributed by atoms with Gasteiger partial charge in [-0.1, -0.05) is 35.0 Å². The smallest absolute Gasteiger partial charge is 0.286 e. The standard InChI is InChI=1S/C20H20N2O4S/c1-13-3-5-15(6-4-13)11-26-22-14(2)16-7-9-17(10-8-16)25-12-18-19(23)21-20(24)27-18/h3-10,18H,11-12H2,1-2H3,(H,21,23,24)/b22-14+. The van der Waals surface area contributed by atoms with E-state index in [1.54, 1.807) is 12.1 Å². The molecule has 0 radical (unpaired) electrons. The molecule has 1 unspecified atom stereocenters. The van der Waals surface area contributed by atoms with E-state index < -0.39 is 5.25 Å². The van der Waals surface area contributed by atoms with Gasteiger partial charge in [-0.05, 0) is 61.0 Å². The Hall–Kier alpha value is -2.80. The predicted molar refractivity (Wildman–Crippen MR) is 105 cm³/mol. The molecule has 0 aromatic heterocycles. The van der Waals surface area contributed by atoms with Crippen molar-refractivity contribution in [1.29, 1.82) is 0 Å². The van der Waals surface area contributed by atoms with Gasteiger partial charge in [-0.3, -0.25) is 14.9 Å². The Labute approximate surface area is 161 Å². The Balaban J connectivity index is 1.50. The highest BCUT2D eigenvalue weighted by molar-refractivity contribution is 8.15. The molecular weight excluding hydrogens is 364 g/mol. The van der Waals surface area contributed by atoms with Crippen molar-refractivity contribution in [3.8, 4) is 5.75 Å². The number of amides is 2. The average Bonchev–Trinajstić information content (AvgIpc) is 2.99. The number of nitrogens with zero attached hydrogens (tertiary/aromatic N) is 1. The predicted octanol–water partition coefficient (Wildman–Crippen LogP) is 3.67. The van der Waals surface area contributed by atoms with Crippen LogP contribution in [0.5, 0.6) is 5.75 Å². The molecule has 0 saturated carbocycles. The minimum atomic E-state index is -0.504. The minimum Gasteiger partial charge on any atom is -0.492 e. The van der Waals surface area contributed by atoms with Gasteiger partial charge in [-0.15, -0.1) is 0 Å². The second-order valence-corrected chi connectivity index (χ2v) is 7.33. The molecule has 1 heterocycles. The Morgan fingerprint density at radius 2 is 1.81 bits per heavy atom. The van der Waals surface area contributed by atoms with Crippen LogP contribution in [-0.2, 0) is 16.2 Å². The molecule has 6 nitrogen and oxygen atoms in total. The number of hydrogen-bond acceptors (Lipinski definition) is 6. The first-order valence-corrected chi connectivity index (χ1v) is 9.36. The number of ether oxygens (including phenoxy) is 1. The molecule has 3 rings (SSSR count). The lowest BCUT2D eigenvalue weighted by atomic mass is 10.1. The topological polar surface area (TPSA) is 77.0 Å². The number of hydrogen-bond donors (Lipinski definition) is 1. The summed E-state index contributed by atoms with van der Waals surface area (Å²) in [5.74, 6) is 0.315. The molecule has 2 aromatic carbocycles. The first-order chi connectivity index (χ1) is 13.0. The largest absolute Gasteiger partial charge is 0.492 e. The molecular formula is C20H20N2O4S. The van der Waals surface area contributed by atoms with E-state index in [1.807, 2.05) is 50.2 Å². The second kappa shape index (κ2) is 8.73. The lowest BCUT2D eigenvalue weighted by Gasteiger charge is -2.09. The first kappa shape index (κ1) is 19.0. The maximum absolute atomic E-state index is 11.5. The van der Waals surface area contributed by atoms with Gasteiger partial charge in [0.1, 0.15) is 24.2 Å². The van der Waals surface area contributed by atoms with Gasteiger partial charge in [0, 0.05) is 0 Å². The molecule has 0 aliphatic carbocycles. The summed E-state index contributed by atoms with van der Waals surface area (Å²) in [4.78, 5) is 28.1. The van der Waals surface area contributed by atoms with Crippen molar-refractivity contribution in [3.05, 3.63) is 65.2 Å². The van der Waals surface area contributed by atoms with Gasteiger partial charge in [0.05, 0.1) is 5.71 Å². The van der Waals surface area contributed by atoms with E-state index in [0.29, 0.717) is 12.4 Å². The molecule has 1 aliphatic rings. The lowest BCUT2D eigenvalue weighted by molar-refractivity contribution is -0.119. The number of aryl methyl sites for hydroxylation is 1. The van der Waals surface area contributed by atoms with E-state index in [9.17, 15) is 9.59 Å².